The molecule has 0 saturated heterocycles. The summed E-state index contributed by atoms with van der Waals surface area (Å²) in [7, 11) is 0. The van der Waals surface area contributed by atoms with Crippen LogP contribution in [0.1, 0.15) is 17.5 Å². The Kier molecular flexibility index (Phi) is 2.63. The number of fused-ring (bicyclic) bond motifs is 1. The van der Waals surface area contributed by atoms with Crippen molar-refractivity contribution in [3.63, 3.8) is 0 Å². The highest BCUT2D eigenvalue weighted by atomic mass is 79.9. The Morgan fingerprint density at radius 2 is 1.88 bits per heavy atom. The quantitative estimate of drug-likeness (QED) is 0.618. The number of hydrogen-bond donors (Lipinski definition) is 0. The van der Waals surface area contributed by atoms with Crippen molar-refractivity contribution in [2.45, 2.75) is 19.3 Å². The monoisotopic (exact) mass is 286 g/mol. The van der Waals surface area contributed by atoms with Gasteiger partial charge in [-0.15, -0.1) is 0 Å². The first kappa shape index (κ1) is 11.0. The molecule has 0 aliphatic heterocycles. The van der Waals surface area contributed by atoms with E-state index in [1.807, 2.05) is 0 Å². The number of hydrogen-bond acceptors (Lipinski definition) is 4. The molecule has 0 saturated carbocycles. The lowest BCUT2D eigenvalue weighted by Crippen LogP contribution is -2.00. The summed E-state index contributed by atoms with van der Waals surface area (Å²) < 4.78 is -0.0249. The number of nitrogens with zero attached hydrogens (tertiary/aromatic N) is 2. The van der Waals surface area contributed by atoms with Crippen LogP contribution in [0.25, 0.3) is 0 Å². The Bertz CT molecular complexity index is 501. The second kappa shape index (κ2) is 3.82. The molecule has 0 heterocycles. The Labute approximate surface area is 98.7 Å². The maximum Gasteiger partial charge on any atom is 0.293 e. The van der Waals surface area contributed by atoms with Gasteiger partial charge in [-0.2, -0.15) is 0 Å². The van der Waals surface area contributed by atoms with Gasteiger partial charge in [-0.3, -0.25) is 20.2 Å². The third-order valence-corrected chi connectivity index (χ3v) is 3.45. The average molecular weight is 287 g/mol. The smallest absolute Gasteiger partial charge is 0.258 e. The number of halogens is 1. The zero-order valence-electron chi connectivity index (χ0n) is 8.10. The van der Waals surface area contributed by atoms with E-state index in [0.717, 1.165) is 12.0 Å². The number of nitro benzene ring substituents is 2. The molecule has 0 atom stereocenters. The maximum atomic E-state index is 10.9. The fourth-order valence-corrected chi connectivity index (χ4v) is 2.65. The van der Waals surface area contributed by atoms with Crippen LogP contribution in [0.5, 0.6) is 0 Å². The Morgan fingerprint density at radius 3 is 2.44 bits per heavy atom. The van der Waals surface area contributed by atoms with Crippen LogP contribution in [0.4, 0.5) is 11.4 Å². The van der Waals surface area contributed by atoms with E-state index in [-0.39, 0.29) is 15.8 Å². The third-order valence-electron chi connectivity index (χ3n) is 2.67. The van der Waals surface area contributed by atoms with Crippen LogP contribution < -0.4 is 0 Å². The van der Waals surface area contributed by atoms with Gasteiger partial charge in [0.1, 0.15) is 0 Å². The van der Waals surface area contributed by atoms with Crippen LogP contribution in [0.3, 0.4) is 0 Å². The molecule has 1 aliphatic carbocycles. The Morgan fingerprint density at radius 1 is 1.19 bits per heavy atom. The highest BCUT2D eigenvalue weighted by Crippen LogP contribution is 2.42. The molecule has 0 bridgehead atoms. The number of benzene rings is 1. The summed E-state index contributed by atoms with van der Waals surface area (Å²) in [5.74, 6) is 0. The summed E-state index contributed by atoms with van der Waals surface area (Å²) in [5, 5.41) is 21.7. The zero-order valence-corrected chi connectivity index (χ0v) is 9.69. The third kappa shape index (κ3) is 1.57. The molecule has 84 valence electrons. The van der Waals surface area contributed by atoms with Gasteiger partial charge in [-0.1, -0.05) is 0 Å². The van der Waals surface area contributed by atoms with Gasteiger partial charge in [0.15, 0.2) is 4.47 Å². The Balaban J connectivity index is 2.75. The number of aryl methyl sites for hydroxylation is 1. The van der Waals surface area contributed by atoms with E-state index >= 15 is 0 Å². The fraction of sp³-hybridized carbons (Fsp3) is 0.333. The second-order valence-corrected chi connectivity index (χ2v) is 4.36. The van der Waals surface area contributed by atoms with E-state index in [0.29, 0.717) is 18.4 Å². The highest BCUT2D eigenvalue weighted by molar-refractivity contribution is 9.10. The van der Waals surface area contributed by atoms with Crippen LogP contribution in [0, 0.1) is 20.2 Å². The standard InChI is InChI=1S/C9H7BrN2O4/c10-8-7(11(13)14)4-5-2-1-3-6(5)9(8)12(15)16/h4H,1-3H2. The van der Waals surface area contributed by atoms with E-state index < -0.39 is 9.85 Å². The predicted molar refractivity (Wildman–Crippen MR) is 59.5 cm³/mol. The molecule has 0 aromatic heterocycles. The minimum Gasteiger partial charge on any atom is -0.258 e. The summed E-state index contributed by atoms with van der Waals surface area (Å²) in [5.41, 5.74) is 0.970. The van der Waals surface area contributed by atoms with Crippen LogP contribution in [0.2, 0.25) is 0 Å². The molecular weight excluding hydrogens is 280 g/mol. The van der Waals surface area contributed by atoms with E-state index in [9.17, 15) is 20.2 Å². The first-order chi connectivity index (χ1) is 7.52. The lowest BCUT2D eigenvalue weighted by molar-refractivity contribution is -0.396. The maximum absolute atomic E-state index is 10.9. The molecule has 1 aliphatic rings. The zero-order chi connectivity index (χ0) is 11.9. The van der Waals surface area contributed by atoms with Crippen molar-refractivity contribution in [2.24, 2.45) is 0 Å². The van der Waals surface area contributed by atoms with Crippen molar-refractivity contribution in [3.05, 3.63) is 41.9 Å². The molecule has 7 heteroatoms. The largest absolute Gasteiger partial charge is 0.293 e. The van der Waals surface area contributed by atoms with Crippen molar-refractivity contribution < 1.29 is 9.85 Å². The number of nitro groups is 2. The second-order valence-electron chi connectivity index (χ2n) is 3.56. The van der Waals surface area contributed by atoms with E-state index in [1.54, 1.807) is 0 Å². The predicted octanol–water partition coefficient (Wildman–Crippen LogP) is 2.75. The fourth-order valence-electron chi connectivity index (χ4n) is 2.00. The number of rotatable bonds is 2. The molecule has 0 radical (unpaired) electrons. The lowest BCUT2D eigenvalue weighted by Gasteiger charge is -2.03. The molecule has 0 spiro atoms. The molecule has 2 rings (SSSR count). The summed E-state index contributed by atoms with van der Waals surface area (Å²) in [6, 6.07) is 1.43. The van der Waals surface area contributed by atoms with Crippen molar-refractivity contribution in [1.82, 2.24) is 0 Å². The topological polar surface area (TPSA) is 86.3 Å². The summed E-state index contributed by atoms with van der Waals surface area (Å²) in [4.78, 5) is 20.5. The van der Waals surface area contributed by atoms with E-state index in [1.165, 1.54) is 6.07 Å². The highest BCUT2D eigenvalue weighted by Gasteiger charge is 2.32. The van der Waals surface area contributed by atoms with Crippen molar-refractivity contribution in [2.75, 3.05) is 0 Å². The van der Waals surface area contributed by atoms with Crippen LogP contribution >= 0.6 is 15.9 Å². The van der Waals surface area contributed by atoms with Crippen LogP contribution in [0.15, 0.2) is 10.5 Å². The normalized spacial score (nSPS) is 13.6. The molecular formula is C9H7BrN2O4. The molecule has 0 fully saturated rings. The van der Waals surface area contributed by atoms with E-state index in [4.69, 9.17) is 0 Å². The minimum atomic E-state index is -0.602. The minimum absolute atomic E-state index is 0.0249. The molecule has 1 aromatic carbocycles. The van der Waals surface area contributed by atoms with Gasteiger partial charge in [0.05, 0.1) is 9.85 Å². The van der Waals surface area contributed by atoms with Crippen molar-refractivity contribution in [3.8, 4) is 0 Å². The van der Waals surface area contributed by atoms with Gasteiger partial charge >= 0.3 is 0 Å². The van der Waals surface area contributed by atoms with Crippen LogP contribution in [-0.2, 0) is 12.8 Å². The first-order valence-electron chi connectivity index (χ1n) is 4.65. The van der Waals surface area contributed by atoms with Crippen LogP contribution in [-0.4, -0.2) is 9.85 Å². The summed E-state index contributed by atoms with van der Waals surface area (Å²) in [6.45, 7) is 0. The van der Waals surface area contributed by atoms with Crippen molar-refractivity contribution in [1.29, 1.82) is 0 Å². The molecule has 0 amide bonds. The van der Waals surface area contributed by atoms with Gasteiger partial charge < -0.3 is 0 Å². The summed E-state index contributed by atoms with van der Waals surface area (Å²) >= 11 is 2.95. The van der Waals surface area contributed by atoms with Gasteiger partial charge in [0, 0.05) is 11.6 Å². The van der Waals surface area contributed by atoms with E-state index in [2.05, 4.69) is 15.9 Å². The van der Waals surface area contributed by atoms with Gasteiger partial charge in [0.25, 0.3) is 11.4 Å². The molecule has 16 heavy (non-hydrogen) atoms. The van der Waals surface area contributed by atoms with Gasteiger partial charge in [-0.25, -0.2) is 0 Å². The van der Waals surface area contributed by atoms with Crippen molar-refractivity contribution >= 4 is 27.3 Å². The Hall–Kier alpha value is -1.50. The molecule has 0 unspecified atom stereocenters. The SMILES string of the molecule is O=[N+]([O-])c1cc2c(c([N+](=O)[O-])c1Br)CCC2. The first-order valence-corrected chi connectivity index (χ1v) is 5.44. The average Bonchev–Trinajstić information content (AvgIpc) is 2.62. The molecule has 0 N–H and O–H groups in total. The van der Waals surface area contributed by atoms with Gasteiger partial charge in [-0.05, 0) is 40.8 Å². The summed E-state index contributed by atoms with van der Waals surface area (Å²) in [6.07, 6.45) is 2.09. The lowest BCUT2D eigenvalue weighted by atomic mass is 10.1. The van der Waals surface area contributed by atoms with Gasteiger partial charge in [0.2, 0.25) is 0 Å². The molecule has 1 aromatic rings. The molecule has 6 nitrogen and oxygen atoms in total.